The summed E-state index contributed by atoms with van der Waals surface area (Å²) in [5.41, 5.74) is -4.80. The van der Waals surface area contributed by atoms with Crippen LogP contribution in [0, 0.1) is 17.5 Å². The van der Waals surface area contributed by atoms with Crippen LogP contribution >= 0.6 is 0 Å². The van der Waals surface area contributed by atoms with Gasteiger partial charge in [-0.1, -0.05) is 36.4 Å². The first-order valence-corrected chi connectivity index (χ1v) is 12.8. The number of methoxy groups -OCH3 is 1. The highest BCUT2D eigenvalue weighted by atomic mass is 19.4. The molecule has 4 nitrogen and oxygen atoms in total. The number of carbonyl (C=O) groups excluding carboxylic acids is 1. The Kier molecular flexibility index (Phi) is 9.35. The van der Waals surface area contributed by atoms with Crippen molar-refractivity contribution in [1.82, 2.24) is 5.32 Å². The van der Waals surface area contributed by atoms with Gasteiger partial charge in [0.15, 0.2) is 11.6 Å². The largest absolute Gasteiger partial charge is 0.494 e. The van der Waals surface area contributed by atoms with E-state index in [0.717, 1.165) is 37.4 Å². The average molecular weight is 645 g/mol. The van der Waals surface area contributed by atoms with Crippen LogP contribution in [-0.2, 0) is 18.1 Å². The highest BCUT2D eigenvalue weighted by Crippen LogP contribution is 2.40. The van der Waals surface area contributed by atoms with Crippen molar-refractivity contribution in [2.45, 2.75) is 30.7 Å². The Bertz CT molecular complexity index is 1680. The van der Waals surface area contributed by atoms with E-state index in [2.05, 4.69) is 10.1 Å². The molecule has 0 bridgehead atoms. The molecule has 0 radical (unpaired) electrons. The SMILES string of the molecule is COc1cc([C@@](Cc2ccccc2)(NC(=O)c2ccc(F)c(C(F)(F)F)c2)c2cc(F)cc(OC(F)(F)C(F)F)c2)ccc1F. The highest BCUT2D eigenvalue weighted by Gasteiger charge is 2.45. The molecule has 4 aromatic rings. The van der Waals surface area contributed by atoms with Crippen LogP contribution in [-0.4, -0.2) is 25.6 Å². The maximum absolute atomic E-state index is 15.0. The molecule has 0 heterocycles. The van der Waals surface area contributed by atoms with E-state index in [4.69, 9.17) is 4.74 Å². The summed E-state index contributed by atoms with van der Waals surface area (Å²) in [6.45, 7) is 0. The Morgan fingerprint density at radius 2 is 1.47 bits per heavy atom. The van der Waals surface area contributed by atoms with Crippen molar-refractivity contribution in [3.05, 3.63) is 130 Å². The molecule has 1 N–H and O–H groups in total. The summed E-state index contributed by atoms with van der Waals surface area (Å²) in [7, 11) is 1.09. The number of hydrogen-bond donors (Lipinski definition) is 1. The number of amides is 1. The normalized spacial score (nSPS) is 13.3. The molecule has 0 aliphatic heterocycles. The van der Waals surface area contributed by atoms with Gasteiger partial charge in [-0.05, 0) is 59.2 Å². The molecule has 0 unspecified atom stereocenters. The molecule has 0 saturated heterocycles. The summed E-state index contributed by atoms with van der Waals surface area (Å²) in [6.07, 6.45) is -15.0. The van der Waals surface area contributed by atoms with Crippen molar-refractivity contribution < 1.29 is 58.2 Å². The maximum atomic E-state index is 15.0. The minimum atomic E-state index is -5.20. The Morgan fingerprint density at radius 3 is 2.09 bits per heavy atom. The molecule has 1 amide bonds. The minimum absolute atomic E-state index is 0.103. The molecule has 0 aromatic heterocycles. The Morgan fingerprint density at radius 1 is 0.800 bits per heavy atom. The molecule has 4 rings (SSSR count). The van der Waals surface area contributed by atoms with Crippen molar-refractivity contribution in [3.63, 3.8) is 0 Å². The van der Waals surface area contributed by atoms with E-state index in [1.165, 1.54) is 12.1 Å². The number of alkyl halides is 7. The van der Waals surface area contributed by atoms with Gasteiger partial charge in [-0.3, -0.25) is 4.79 Å². The Hall–Kier alpha value is -4.75. The zero-order valence-corrected chi connectivity index (χ0v) is 22.9. The van der Waals surface area contributed by atoms with Gasteiger partial charge in [0.05, 0.1) is 18.2 Å². The van der Waals surface area contributed by atoms with Crippen molar-refractivity contribution in [2.24, 2.45) is 0 Å². The highest BCUT2D eigenvalue weighted by molar-refractivity contribution is 5.95. The molecule has 1 atom stereocenters. The lowest BCUT2D eigenvalue weighted by molar-refractivity contribution is -0.253. The standard InChI is InChI=1S/C31H21F10NO3/c1-44-26-14-19(8-10-25(26)34)29(16-17-5-3-2-4-6-17,20-12-21(32)15-22(13-20)45-31(40,41)28(35)36)42-27(43)18-7-9-24(33)23(11-18)30(37,38)39/h2-15,28H,16H2,1H3,(H,42,43)/t29-/m1/s1. The van der Waals surface area contributed by atoms with Gasteiger partial charge in [-0.2, -0.15) is 30.7 Å². The summed E-state index contributed by atoms with van der Waals surface area (Å²) in [5, 5.41) is 2.47. The molecule has 14 heteroatoms. The summed E-state index contributed by atoms with van der Waals surface area (Å²) < 4.78 is 147. The fourth-order valence-corrected chi connectivity index (χ4v) is 4.61. The molecule has 4 aromatic carbocycles. The summed E-state index contributed by atoms with van der Waals surface area (Å²) >= 11 is 0. The zero-order valence-electron chi connectivity index (χ0n) is 22.9. The van der Waals surface area contributed by atoms with Gasteiger partial charge >= 0.3 is 18.7 Å². The predicted molar refractivity (Wildman–Crippen MR) is 141 cm³/mol. The summed E-state index contributed by atoms with van der Waals surface area (Å²) in [4.78, 5) is 13.6. The molecule has 0 aliphatic carbocycles. The van der Waals surface area contributed by atoms with Crippen LogP contribution in [0.3, 0.4) is 0 Å². The van der Waals surface area contributed by atoms with Gasteiger partial charge in [0.25, 0.3) is 5.91 Å². The smallest absolute Gasteiger partial charge is 0.461 e. The zero-order chi connectivity index (χ0) is 33.2. The average Bonchev–Trinajstić information content (AvgIpc) is 2.96. The Balaban J connectivity index is 2.00. The van der Waals surface area contributed by atoms with Gasteiger partial charge in [0.2, 0.25) is 0 Å². The van der Waals surface area contributed by atoms with Gasteiger partial charge in [-0.15, -0.1) is 0 Å². The predicted octanol–water partition coefficient (Wildman–Crippen LogP) is 8.28. The van der Waals surface area contributed by atoms with E-state index in [1.807, 2.05) is 0 Å². The number of benzene rings is 4. The van der Waals surface area contributed by atoms with Crippen molar-refractivity contribution in [1.29, 1.82) is 0 Å². The minimum Gasteiger partial charge on any atom is -0.494 e. The van der Waals surface area contributed by atoms with Crippen LogP contribution in [0.25, 0.3) is 0 Å². The van der Waals surface area contributed by atoms with E-state index in [-0.39, 0.29) is 11.6 Å². The lowest BCUT2D eigenvalue weighted by Gasteiger charge is -2.37. The maximum Gasteiger partial charge on any atom is 0.461 e. The molecule has 45 heavy (non-hydrogen) atoms. The molecule has 0 aliphatic rings. The third-order valence-electron chi connectivity index (χ3n) is 6.69. The van der Waals surface area contributed by atoms with Gasteiger partial charge in [0, 0.05) is 18.1 Å². The molecule has 0 saturated carbocycles. The number of nitrogens with one attached hydrogen (secondary N) is 1. The number of hydrogen-bond acceptors (Lipinski definition) is 3. The third-order valence-corrected chi connectivity index (χ3v) is 6.69. The molecule has 0 spiro atoms. The van der Waals surface area contributed by atoms with Gasteiger partial charge in [-0.25, -0.2) is 13.2 Å². The molecular weight excluding hydrogens is 624 g/mol. The molecular formula is C31H21F10NO3. The fourth-order valence-electron chi connectivity index (χ4n) is 4.61. The number of rotatable bonds is 10. The number of halogens is 10. The van der Waals surface area contributed by atoms with Crippen LogP contribution in [0.15, 0.2) is 84.9 Å². The topological polar surface area (TPSA) is 47.6 Å². The van der Waals surface area contributed by atoms with E-state index < -0.39 is 82.2 Å². The van der Waals surface area contributed by atoms with Crippen LogP contribution in [0.5, 0.6) is 11.5 Å². The van der Waals surface area contributed by atoms with Crippen LogP contribution in [0.1, 0.15) is 32.6 Å². The first-order valence-electron chi connectivity index (χ1n) is 12.8. The fraction of sp³-hybridized carbons (Fsp3) is 0.194. The Labute approximate surface area is 249 Å². The lowest BCUT2D eigenvalue weighted by atomic mass is 9.77. The third kappa shape index (κ3) is 7.32. The van der Waals surface area contributed by atoms with E-state index in [0.29, 0.717) is 23.8 Å². The van der Waals surface area contributed by atoms with Crippen LogP contribution in [0.2, 0.25) is 0 Å². The first-order chi connectivity index (χ1) is 21.1. The second kappa shape index (κ2) is 12.7. The first kappa shape index (κ1) is 33.1. The molecule has 238 valence electrons. The van der Waals surface area contributed by atoms with Crippen molar-refractivity contribution >= 4 is 5.91 Å². The monoisotopic (exact) mass is 645 g/mol. The summed E-state index contributed by atoms with van der Waals surface area (Å²) in [6, 6.07) is 14.0. The second-order valence-electron chi connectivity index (χ2n) is 9.70. The second-order valence-corrected chi connectivity index (χ2v) is 9.70. The molecule has 0 fully saturated rings. The van der Waals surface area contributed by atoms with Crippen LogP contribution in [0.4, 0.5) is 43.9 Å². The van der Waals surface area contributed by atoms with E-state index in [1.54, 1.807) is 18.2 Å². The lowest BCUT2D eigenvalue weighted by Crippen LogP contribution is -2.49. The van der Waals surface area contributed by atoms with Crippen molar-refractivity contribution in [3.8, 4) is 11.5 Å². The van der Waals surface area contributed by atoms with Crippen LogP contribution < -0.4 is 14.8 Å². The summed E-state index contributed by atoms with van der Waals surface area (Å²) in [5.74, 6) is -6.66. The van der Waals surface area contributed by atoms with E-state index in [9.17, 15) is 44.3 Å². The quantitative estimate of drug-likeness (QED) is 0.177. The van der Waals surface area contributed by atoms with E-state index >= 15 is 4.39 Å². The number of ether oxygens (including phenoxy) is 2. The van der Waals surface area contributed by atoms with Crippen molar-refractivity contribution in [2.75, 3.05) is 7.11 Å². The number of carbonyl (C=O) groups is 1. The van der Waals surface area contributed by atoms with Gasteiger partial charge < -0.3 is 14.8 Å². The van der Waals surface area contributed by atoms with Gasteiger partial charge in [0.1, 0.15) is 17.4 Å².